The van der Waals surface area contributed by atoms with Crippen molar-refractivity contribution in [2.75, 3.05) is 6.54 Å². The highest BCUT2D eigenvalue weighted by molar-refractivity contribution is 5.86. The number of esters is 1. The van der Waals surface area contributed by atoms with Crippen LogP contribution in [0.3, 0.4) is 0 Å². The van der Waals surface area contributed by atoms with Gasteiger partial charge in [-0.25, -0.2) is 0 Å². The zero-order valence-electron chi connectivity index (χ0n) is 13.0. The first-order chi connectivity index (χ1) is 11.1. The monoisotopic (exact) mass is 313 g/mol. The van der Waals surface area contributed by atoms with Crippen LogP contribution >= 0.6 is 0 Å². The molecule has 0 N–H and O–H groups in total. The van der Waals surface area contributed by atoms with Crippen molar-refractivity contribution in [2.24, 2.45) is 5.92 Å². The summed E-state index contributed by atoms with van der Waals surface area (Å²) >= 11 is 0. The van der Waals surface area contributed by atoms with Gasteiger partial charge in [-0.05, 0) is 24.6 Å². The molecule has 0 saturated carbocycles. The number of carbonyl (C=O) groups is 2. The van der Waals surface area contributed by atoms with E-state index in [-0.39, 0.29) is 24.9 Å². The summed E-state index contributed by atoms with van der Waals surface area (Å²) in [7, 11) is 0. The Morgan fingerprint density at radius 1 is 1.30 bits per heavy atom. The molecule has 3 rings (SSSR count). The summed E-state index contributed by atoms with van der Waals surface area (Å²) in [6, 6.07) is 11.4. The molecule has 0 aliphatic carbocycles. The zero-order valence-corrected chi connectivity index (χ0v) is 13.0. The van der Waals surface area contributed by atoms with Crippen LogP contribution in [0.2, 0.25) is 0 Å². The molecule has 1 aromatic heterocycles. The topological polar surface area (TPSA) is 59.8 Å². The van der Waals surface area contributed by atoms with Crippen molar-refractivity contribution in [2.45, 2.75) is 26.5 Å². The molecule has 2 heterocycles. The first kappa shape index (κ1) is 15.3. The molecule has 1 fully saturated rings. The van der Waals surface area contributed by atoms with E-state index in [9.17, 15) is 9.59 Å². The third kappa shape index (κ3) is 3.80. The summed E-state index contributed by atoms with van der Waals surface area (Å²) in [4.78, 5) is 25.8. The number of ether oxygens (including phenoxy) is 1. The minimum absolute atomic E-state index is 0.0429. The van der Waals surface area contributed by atoms with E-state index in [1.165, 1.54) is 0 Å². The zero-order chi connectivity index (χ0) is 16.2. The Morgan fingerprint density at radius 3 is 2.78 bits per heavy atom. The molecule has 5 nitrogen and oxygen atoms in total. The minimum atomic E-state index is -0.400. The maximum absolute atomic E-state index is 12.2. The van der Waals surface area contributed by atoms with Crippen molar-refractivity contribution >= 4 is 11.9 Å². The fraction of sp³-hybridized carbons (Fsp3) is 0.333. The van der Waals surface area contributed by atoms with Crippen LogP contribution < -0.4 is 0 Å². The van der Waals surface area contributed by atoms with Gasteiger partial charge in [0.25, 0.3) is 0 Å². The van der Waals surface area contributed by atoms with E-state index >= 15 is 0 Å². The van der Waals surface area contributed by atoms with Crippen molar-refractivity contribution in [3.63, 3.8) is 0 Å². The first-order valence-electron chi connectivity index (χ1n) is 7.64. The van der Waals surface area contributed by atoms with Crippen molar-refractivity contribution in [1.82, 2.24) is 4.90 Å². The third-order valence-corrected chi connectivity index (χ3v) is 3.98. The molecule has 0 radical (unpaired) electrons. The summed E-state index contributed by atoms with van der Waals surface area (Å²) in [6.45, 7) is 3.02. The molecule has 1 amide bonds. The molecule has 0 bridgehead atoms. The van der Waals surface area contributed by atoms with Crippen LogP contribution in [0.15, 0.2) is 47.1 Å². The second kappa shape index (κ2) is 6.69. The fourth-order valence-corrected chi connectivity index (χ4v) is 2.63. The molecule has 23 heavy (non-hydrogen) atoms. The van der Waals surface area contributed by atoms with Gasteiger partial charge in [-0.3, -0.25) is 9.59 Å². The number of hydrogen-bond donors (Lipinski definition) is 0. The highest BCUT2D eigenvalue weighted by Crippen LogP contribution is 2.22. The lowest BCUT2D eigenvalue weighted by molar-refractivity contribution is -0.149. The normalized spacial score (nSPS) is 17.5. The molecule has 1 aliphatic rings. The Hall–Kier alpha value is -2.56. The Morgan fingerprint density at radius 2 is 2.09 bits per heavy atom. The van der Waals surface area contributed by atoms with Gasteiger partial charge in [0.15, 0.2) is 0 Å². The van der Waals surface area contributed by atoms with Crippen LogP contribution in [-0.4, -0.2) is 23.3 Å². The van der Waals surface area contributed by atoms with Gasteiger partial charge in [0, 0.05) is 13.0 Å². The number of carbonyl (C=O) groups excluding carboxylic acids is 2. The Kier molecular flexibility index (Phi) is 4.46. The Labute approximate surface area is 134 Å². The van der Waals surface area contributed by atoms with E-state index in [1.54, 1.807) is 17.2 Å². The first-order valence-corrected chi connectivity index (χ1v) is 7.64. The Bertz CT molecular complexity index is 676. The van der Waals surface area contributed by atoms with Gasteiger partial charge in [-0.15, -0.1) is 0 Å². The largest absolute Gasteiger partial charge is 0.467 e. The van der Waals surface area contributed by atoms with E-state index in [0.717, 1.165) is 11.1 Å². The molecule has 0 spiro atoms. The summed E-state index contributed by atoms with van der Waals surface area (Å²) in [6.07, 6.45) is 1.77. The lowest BCUT2D eigenvalue weighted by Gasteiger charge is -2.14. The predicted molar refractivity (Wildman–Crippen MR) is 83.2 cm³/mol. The van der Waals surface area contributed by atoms with E-state index in [1.807, 2.05) is 37.3 Å². The summed E-state index contributed by atoms with van der Waals surface area (Å²) in [5.74, 6) is -0.0468. The van der Waals surface area contributed by atoms with Gasteiger partial charge in [-0.1, -0.05) is 29.8 Å². The second-order valence-electron chi connectivity index (χ2n) is 5.85. The summed E-state index contributed by atoms with van der Waals surface area (Å²) in [5.41, 5.74) is 2.11. The highest BCUT2D eigenvalue weighted by atomic mass is 16.5. The number of amides is 1. The van der Waals surface area contributed by atoms with Crippen LogP contribution in [0, 0.1) is 12.8 Å². The standard InChI is InChI=1S/C18H19NO4/c1-13-4-6-14(7-5-13)12-23-18(21)15-9-17(20)19(10-15)11-16-3-2-8-22-16/h2-8,15H,9-12H2,1H3/t15-/m0/s1. The van der Waals surface area contributed by atoms with E-state index in [4.69, 9.17) is 9.15 Å². The smallest absolute Gasteiger partial charge is 0.311 e. The molecule has 1 aliphatic heterocycles. The van der Waals surface area contributed by atoms with Crippen LogP contribution in [-0.2, 0) is 27.5 Å². The SMILES string of the molecule is Cc1ccc(COC(=O)[C@H]2CC(=O)N(Cc3ccco3)C2)cc1. The highest BCUT2D eigenvalue weighted by Gasteiger charge is 2.35. The molecule has 0 unspecified atom stereocenters. The van der Waals surface area contributed by atoms with Crippen molar-refractivity contribution in [1.29, 1.82) is 0 Å². The molecule has 1 atom stereocenters. The molecular formula is C18H19NO4. The molecule has 1 aromatic carbocycles. The van der Waals surface area contributed by atoms with E-state index < -0.39 is 5.92 Å². The average molecular weight is 313 g/mol. The van der Waals surface area contributed by atoms with E-state index in [2.05, 4.69) is 0 Å². The molecule has 5 heteroatoms. The number of aryl methyl sites for hydroxylation is 1. The Balaban J connectivity index is 1.52. The number of hydrogen-bond acceptors (Lipinski definition) is 4. The average Bonchev–Trinajstić information content (AvgIpc) is 3.17. The van der Waals surface area contributed by atoms with Gasteiger partial charge in [0.1, 0.15) is 12.4 Å². The summed E-state index contributed by atoms with van der Waals surface area (Å²) in [5, 5.41) is 0. The molecule has 1 saturated heterocycles. The van der Waals surface area contributed by atoms with Crippen LogP contribution in [0.4, 0.5) is 0 Å². The molecular weight excluding hydrogens is 294 g/mol. The van der Waals surface area contributed by atoms with Crippen LogP contribution in [0.25, 0.3) is 0 Å². The maximum Gasteiger partial charge on any atom is 0.311 e. The quantitative estimate of drug-likeness (QED) is 0.796. The van der Waals surface area contributed by atoms with E-state index in [0.29, 0.717) is 18.8 Å². The summed E-state index contributed by atoms with van der Waals surface area (Å²) < 4.78 is 10.6. The fourth-order valence-electron chi connectivity index (χ4n) is 2.63. The maximum atomic E-state index is 12.2. The van der Waals surface area contributed by atoms with Crippen LogP contribution in [0.1, 0.15) is 23.3 Å². The number of nitrogens with zero attached hydrogens (tertiary/aromatic N) is 1. The van der Waals surface area contributed by atoms with Gasteiger partial charge in [0.05, 0.1) is 18.7 Å². The third-order valence-electron chi connectivity index (χ3n) is 3.98. The van der Waals surface area contributed by atoms with Crippen molar-refractivity contribution in [3.05, 3.63) is 59.5 Å². The van der Waals surface area contributed by atoms with Gasteiger partial charge >= 0.3 is 5.97 Å². The number of furan rings is 1. The lowest BCUT2D eigenvalue weighted by Crippen LogP contribution is -2.26. The van der Waals surface area contributed by atoms with Gasteiger partial charge in [0.2, 0.25) is 5.91 Å². The number of rotatable bonds is 5. The minimum Gasteiger partial charge on any atom is -0.467 e. The lowest BCUT2D eigenvalue weighted by atomic mass is 10.1. The second-order valence-corrected chi connectivity index (χ2v) is 5.85. The van der Waals surface area contributed by atoms with Crippen molar-refractivity contribution < 1.29 is 18.7 Å². The predicted octanol–water partition coefficient (Wildman–Crippen LogP) is 2.68. The molecule has 2 aromatic rings. The van der Waals surface area contributed by atoms with Crippen molar-refractivity contribution in [3.8, 4) is 0 Å². The molecule has 120 valence electrons. The van der Waals surface area contributed by atoms with Gasteiger partial charge < -0.3 is 14.1 Å². The van der Waals surface area contributed by atoms with Gasteiger partial charge in [-0.2, -0.15) is 0 Å². The van der Waals surface area contributed by atoms with Crippen LogP contribution in [0.5, 0.6) is 0 Å². The number of benzene rings is 1. The number of likely N-dealkylation sites (tertiary alicyclic amines) is 1.